The third-order valence-electron chi connectivity index (χ3n) is 11.3. The lowest BCUT2D eigenvalue weighted by Gasteiger charge is -2.40. The summed E-state index contributed by atoms with van der Waals surface area (Å²) in [6.07, 6.45) is 1.16. The predicted octanol–water partition coefficient (Wildman–Crippen LogP) is 1.92. The van der Waals surface area contributed by atoms with Crippen LogP contribution in [0.3, 0.4) is 0 Å². The van der Waals surface area contributed by atoms with Gasteiger partial charge >= 0.3 is 18.2 Å². The highest BCUT2D eigenvalue weighted by Crippen LogP contribution is 2.65. The number of nitrogens with zero attached hydrogens (tertiary/aromatic N) is 2. The van der Waals surface area contributed by atoms with Crippen LogP contribution >= 0.6 is 0 Å². The van der Waals surface area contributed by atoms with Crippen molar-refractivity contribution in [2.45, 2.75) is 90.7 Å². The number of ketones is 1. The van der Waals surface area contributed by atoms with Crippen molar-refractivity contribution in [3.05, 3.63) is 52.6 Å². The number of carbonyl (C=O) groups excluding carboxylic acids is 6. The van der Waals surface area contributed by atoms with Gasteiger partial charge in [0.15, 0.2) is 5.78 Å². The summed E-state index contributed by atoms with van der Waals surface area (Å²) in [5.74, 6) is -1.54. The topological polar surface area (TPSA) is 256 Å². The van der Waals surface area contributed by atoms with Gasteiger partial charge in [0.25, 0.3) is 0 Å². The van der Waals surface area contributed by atoms with Gasteiger partial charge in [-0.25, -0.2) is 14.4 Å². The monoisotopic (exact) mass is 783 g/mol. The van der Waals surface area contributed by atoms with Crippen LogP contribution in [0.2, 0.25) is 0 Å². The molecule has 17 heteroatoms. The molecule has 17 nitrogen and oxygen atoms in total. The summed E-state index contributed by atoms with van der Waals surface area (Å²) in [5, 5.41) is 29.4. The van der Waals surface area contributed by atoms with E-state index < -0.39 is 77.0 Å². The second-order valence-electron chi connectivity index (χ2n) is 15.9. The number of primary amides is 1. The average molecular weight is 784 g/mol. The zero-order valence-electron chi connectivity index (χ0n) is 33.3. The summed E-state index contributed by atoms with van der Waals surface area (Å²) in [4.78, 5) is 78.9. The van der Waals surface area contributed by atoms with Crippen molar-refractivity contribution < 1.29 is 48.5 Å². The number of anilines is 1. The minimum absolute atomic E-state index is 0.0772. The zero-order valence-corrected chi connectivity index (χ0v) is 33.3. The Kier molecular flexibility index (Phi) is 13.6. The van der Waals surface area contributed by atoms with E-state index in [2.05, 4.69) is 16.0 Å². The molecule has 1 aromatic rings. The first-order valence-corrected chi connectivity index (χ1v) is 18.8. The van der Waals surface area contributed by atoms with Crippen LogP contribution in [0.5, 0.6) is 0 Å². The fraction of sp³-hybridized carbons (Fsp3) is 0.590. The maximum Gasteiger partial charge on any atom is 0.410 e. The van der Waals surface area contributed by atoms with Gasteiger partial charge in [0.2, 0.25) is 11.8 Å². The second-order valence-corrected chi connectivity index (χ2v) is 15.9. The Morgan fingerprint density at radius 1 is 1.00 bits per heavy atom. The number of urea groups is 1. The lowest BCUT2D eigenvalue weighted by atomic mass is 9.67. The van der Waals surface area contributed by atoms with E-state index in [9.17, 15) is 39.0 Å². The highest BCUT2D eigenvalue weighted by Gasteiger charge is 2.67. The van der Waals surface area contributed by atoms with Crippen LogP contribution in [0.25, 0.3) is 0 Å². The van der Waals surface area contributed by atoms with Crippen LogP contribution in [-0.2, 0) is 30.5 Å². The Hall–Kier alpha value is -5.00. The van der Waals surface area contributed by atoms with Crippen LogP contribution in [0.4, 0.5) is 20.1 Å². The Bertz CT molecular complexity index is 1750. The Morgan fingerprint density at radius 2 is 1.61 bits per heavy atom. The van der Waals surface area contributed by atoms with E-state index in [4.69, 9.17) is 20.9 Å². The van der Waals surface area contributed by atoms with Crippen LogP contribution < -0.4 is 27.4 Å². The molecule has 5 atom stereocenters. The number of benzene rings is 1. The highest BCUT2D eigenvalue weighted by atomic mass is 16.6. The smallest absolute Gasteiger partial charge is 0.410 e. The molecule has 9 N–H and O–H groups in total. The van der Waals surface area contributed by atoms with Crippen molar-refractivity contribution in [1.29, 1.82) is 0 Å². The molecule has 1 aromatic carbocycles. The number of nitrogens with two attached hydrogens (primary N) is 2. The first kappa shape index (κ1) is 43.7. The van der Waals surface area contributed by atoms with Crippen LogP contribution in [0, 0.1) is 16.7 Å². The van der Waals surface area contributed by atoms with Crippen molar-refractivity contribution in [2.75, 3.05) is 45.7 Å². The molecule has 0 aliphatic heterocycles. The summed E-state index contributed by atoms with van der Waals surface area (Å²) in [6, 6.07) is 4.14. The molecular formula is C39H57N7O10. The first-order chi connectivity index (χ1) is 26.2. The van der Waals surface area contributed by atoms with E-state index in [1.54, 1.807) is 51.1 Å². The summed E-state index contributed by atoms with van der Waals surface area (Å²) >= 11 is 0. The van der Waals surface area contributed by atoms with Gasteiger partial charge in [-0.1, -0.05) is 37.6 Å². The molecule has 1 fully saturated rings. The Balaban J connectivity index is 1.27. The van der Waals surface area contributed by atoms with Gasteiger partial charge in [-0.15, -0.1) is 0 Å². The third kappa shape index (κ3) is 9.33. The van der Waals surface area contributed by atoms with Crippen LogP contribution in [-0.4, -0.2) is 120 Å². The van der Waals surface area contributed by atoms with E-state index in [0.29, 0.717) is 36.1 Å². The van der Waals surface area contributed by atoms with Crippen molar-refractivity contribution in [3.8, 4) is 0 Å². The van der Waals surface area contributed by atoms with Crippen molar-refractivity contribution in [2.24, 2.45) is 28.2 Å². The molecule has 3 aliphatic carbocycles. The molecule has 3 aliphatic rings. The zero-order chi connectivity index (χ0) is 41.7. The molecule has 0 bridgehead atoms. The van der Waals surface area contributed by atoms with E-state index >= 15 is 0 Å². The number of aliphatic hydroxyl groups is 2. The number of fused-ring (bicyclic) bond motifs is 1. The molecule has 1 spiro atoms. The van der Waals surface area contributed by atoms with Gasteiger partial charge in [0.1, 0.15) is 24.4 Å². The van der Waals surface area contributed by atoms with Gasteiger partial charge in [-0.2, -0.15) is 0 Å². The normalized spacial score (nSPS) is 23.1. The first-order valence-electron chi connectivity index (χ1n) is 18.8. The summed E-state index contributed by atoms with van der Waals surface area (Å²) in [7, 11) is 3.03. The number of hydrogen-bond acceptors (Lipinski definition) is 11. The summed E-state index contributed by atoms with van der Waals surface area (Å²) in [5.41, 5.74) is 10.4. The summed E-state index contributed by atoms with van der Waals surface area (Å²) in [6.45, 7) is 8.60. The molecule has 3 unspecified atom stereocenters. The molecular weight excluding hydrogens is 726 g/mol. The minimum atomic E-state index is -1.58. The highest BCUT2D eigenvalue weighted by molar-refractivity contribution is 6.09. The number of amides is 6. The average Bonchev–Trinajstić information content (AvgIpc) is 3.92. The lowest BCUT2D eigenvalue weighted by molar-refractivity contribution is -0.138. The number of likely N-dealkylation sites (N-methyl/N-ethyl adjacent to an activating group) is 2. The van der Waals surface area contributed by atoms with Gasteiger partial charge in [-0.05, 0) is 70.1 Å². The fourth-order valence-electron chi connectivity index (χ4n) is 7.15. The van der Waals surface area contributed by atoms with Crippen LogP contribution in [0.1, 0.15) is 65.9 Å². The number of hydrogen-bond donors (Lipinski definition) is 7. The Morgan fingerprint density at radius 3 is 2.16 bits per heavy atom. The molecule has 6 amide bonds. The lowest BCUT2D eigenvalue weighted by Crippen LogP contribution is -2.51. The summed E-state index contributed by atoms with van der Waals surface area (Å²) < 4.78 is 11.4. The van der Waals surface area contributed by atoms with Crippen molar-refractivity contribution in [3.63, 3.8) is 0 Å². The van der Waals surface area contributed by atoms with E-state index in [1.165, 1.54) is 30.8 Å². The van der Waals surface area contributed by atoms with Crippen molar-refractivity contribution >= 4 is 41.5 Å². The predicted molar refractivity (Wildman–Crippen MR) is 206 cm³/mol. The molecule has 0 saturated heterocycles. The quantitative estimate of drug-likeness (QED) is 0.119. The number of nitrogens with one attached hydrogen (secondary N) is 3. The molecule has 0 aromatic heterocycles. The molecule has 308 valence electrons. The standard InChI is InChI=1S/C39H57N7O10/c1-22(2)29(40)33(50)44-27(9-8-16-42-34(41)51)32(49)43-25-12-10-24(11-13-25)20-55-35(52)45(6)17-18-46(7)36(53)56-31-28-23(3)39(14-15-39)38(5,54)30(48)26(28)19-37(31,4)21-47/h10-13,19,22,27,29,31,47,54H,8-9,14-18,20-21,40H2,1-7H3,(H,43,49)(H,44,50)(H3,41,42,51)/t27?,29-,31?,37?,38-/m0/s1. The third-order valence-corrected chi connectivity index (χ3v) is 11.3. The van der Waals surface area contributed by atoms with E-state index in [0.717, 1.165) is 5.57 Å². The van der Waals surface area contributed by atoms with Gasteiger partial charge in [0.05, 0.1) is 18.1 Å². The largest absolute Gasteiger partial charge is 0.445 e. The van der Waals surface area contributed by atoms with Crippen molar-refractivity contribution in [1.82, 2.24) is 20.4 Å². The Labute approximate surface area is 327 Å². The minimum Gasteiger partial charge on any atom is -0.445 e. The molecule has 56 heavy (non-hydrogen) atoms. The number of aliphatic hydroxyl groups excluding tert-OH is 1. The van der Waals surface area contributed by atoms with Gasteiger partial charge < -0.3 is 56.9 Å². The van der Waals surface area contributed by atoms with E-state index in [1.807, 2.05) is 6.92 Å². The number of rotatable bonds is 16. The number of carbonyl (C=O) groups is 6. The number of Topliss-reactive ketones (excluding diaryl/α,β-unsaturated/α-hetero) is 1. The van der Waals surface area contributed by atoms with Gasteiger partial charge in [-0.3, -0.25) is 14.4 Å². The van der Waals surface area contributed by atoms with Crippen LogP contribution in [0.15, 0.2) is 47.1 Å². The maximum atomic E-state index is 13.4. The second kappa shape index (κ2) is 17.4. The fourth-order valence-corrected chi connectivity index (χ4v) is 7.15. The molecule has 0 radical (unpaired) electrons. The molecule has 0 heterocycles. The molecule has 1 saturated carbocycles. The van der Waals surface area contributed by atoms with Gasteiger partial charge in [0, 0.05) is 56.0 Å². The molecule has 4 rings (SSSR count). The van der Waals surface area contributed by atoms with E-state index in [-0.39, 0.29) is 44.2 Å². The maximum absolute atomic E-state index is 13.4. The number of ether oxygens (including phenoxy) is 2. The SMILES string of the molecule is CC1=C2C(=CC(C)(CO)C2OC(=O)N(C)CCN(C)C(=O)OCc2ccc(NC(=O)C(CCCNC(N)=O)NC(=O)[C@@H](N)C(C)C)cc2)C(=O)[C@](C)(O)C12CC2.